The smallest absolute Gasteiger partial charge is 0.251 e. The van der Waals surface area contributed by atoms with E-state index in [1.807, 2.05) is 50.2 Å². The minimum Gasteiger partial charge on any atom is -0.396 e. The molecule has 0 aliphatic heterocycles. The molecule has 8 heteroatoms. The molecule has 31 heavy (non-hydrogen) atoms. The molecule has 1 amide bonds. The molecule has 7 nitrogen and oxygen atoms in total. The first-order chi connectivity index (χ1) is 14.4. The predicted octanol–water partition coefficient (Wildman–Crippen LogP) is 2.84. The van der Waals surface area contributed by atoms with Crippen LogP contribution in [0, 0.1) is 5.41 Å². The van der Waals surface area contributed by atoms with E-state index in [1.165, 1.54) is 0 Å². The SMILES string of the molecule is CCNC(=NCc1cccc(C(=O)NCCN(C)C)c1)NCC(CC)(CC)CCO.I. The van der Waals surface area contributed by atoms with Crippen LogP contribution < -0.4 is 16.0 Å². The quantitative estimate of drug-likeness (QED) is 0.173. The number of aliphatic hydroxyl groups excluding tert-OH is 1. The number of carbonyl (C=O) groups excluding carboxylic acids is 1. The van der Waals surface area contributed by atoms with Crippen LogP contribution >= 0.6 is 24.0 Å². The zero-order valence-electron chi connectivity index (χ0n) is 19.8. The Labute approximate surface area is 205 Å². The van der Waals surface area contributed by atoms with Crippen molar-refractivity contribution in [3.8, 4) is 0 Å². The predicted molar refractivity (Wildman–Crippen MR) is 140 cm³/mol. The summed E-state index contributed by atoms with van der Waals surface area (Å²) < 4.78 is 0. The molecule has 0 unspecified atom stereocenters. The van der Waals surface area contributed by atoms with E-state index in [1.54, 1.807) is 0 Å². The summed E-state index contributed by atoms with van der Waals surface area (Å²) in [7, 11) is 3.96. The van der Waals surface area contributed by atoms with Crippen LogP contribution in [0.15, 0.2) is 29.3 Å². The summed E-state index contributed by atoms with van der Waals surface area (Å²) in [6.07, 6.45) is 2.78. The number of carbonyl (C=O) groups is 1. The van der Waals surface area contributed by atoms with Gasteiger partial charge in [0.25, 0.3) is 5.91 Å². The molecule has 4 N–H and O–H groups in total. The summed E-state index contributed by atoms with van der Waals surface area (Å²) in [4.78, 5) is 19.1. The number of likely N-dealkylation sites (N-methyl/N-ethyl adjacent to an activating group) is 1. The maximum Gasteiger partial charge on any atom is 0.251 e. The highest BCUT2D eigenvalue weighted by Gasteiger charge is 2.25. The Morgan fingerprint density at radius 3 is 2.42 bits per heavy atom. The lowest BCUT2D eigenvalue weighted by molar-refractivity contribution is 0.0951. The van der Waals surface area contributed by atoms with Crippen molar-refractivity contribution in [3.63, 3.8) is 0 Å². The summed E-state index contributed by atoms with van der Waals surface area (Å²) in [5.74, 6) is 0.690. The first-order valence-corrected chi connectivity index (χ1v) is 11.0. The van der Waals surface area contributed by atoms with Crippen molar-refractivity contribution in [2.75, 3.05) is 46.9 Å². The van der Waals surface area contributed by atoms with E-state index < -0.39 is 0 Å². The summed E-state index contributed by atoms with van der Waals surface area (Å²) >= 11 is 0. The number of hydrogen-bond donors (Lipinski definition) is 4. The maximum atomic E-state index is 12.3. The van der Waals surface area contributed by atoms with E-state index >= 15 is 0 Å². The van der Waals surface area contributed by atoms with E-state index in [4.69, 9.17) is 4.99 Å². The molecule has 0 atom stereocenters. The largest absolute Gasteiger partial charge is 0.396 e. The van der Waals surface area contributed by atoms with Crippen molar-refractivity contribution in [2.24, 2.45) is 10.4 Å². The fraction of sp³-hybridized carbons (Fsp3) is 0.652. The van der Waals surface area contributed by atoms with E-state index in [2.05, 4.69) is 29.8 Å². The Kier molecular flexibility index (Phi) is 15.5. The maximum absolute atomic E-state index is 12.3. The van der Waals surface area contributed by atoms with E-state index in [-0.39, 0.29) is 41.9 Å². The van der Waals surface area contributed by atoms with Crippen LogP contribution in [0.1, 0.15) is 56.0 Å². The number of rotatable bonds is 13. The molecule has 0 aliphatic rings. The fourth-order valence-electron chi connectivity index (χ4n) is 3.27. The summed E-state index contributed by atoms with van der Waals surface area (Å²) in [6, 6.07) is 7.60. The third kappa shape index (κ3) is 11.2. The highest BCUT2D eigenvalue weighted by molar-refractivity contribution is 14.0. The molecule has 0 aliphatic carbocycles. The van der Waals surface area contributed by atoms with Crippen LogP contribution in [0.3, 0.4) is 0 Å². The van der Waals surface area contributed by atoms with Crippen molar-refractivity contribution >= 4 is 35.8 Å². The molecule has 1 aromatic carbocycles. The number of hydrogen-bond acceptors (Lipinski definition) is 4. The Balaban J connectivity index is 0.00000900. The average molecular weight is 548 g/mol. The van der Waals surface area contributed by atoms with E-state index in [9.17, 15) is 9.90 Å². The van der Waals surface area contributed by atoms with Crippen LogP contribution in [0.2, 0.25) is 0 Å². The minimum atomic E-state index is -0.0626. The lowest BCUT2D eigenvalue weighted by Gasteiger charge is -2.32. The summed E-state index contributed by atoms with van der Waals surface area (Å²) in [5, 5.41) is 19.1. The number of benzene rings is 1. The number of aliphatic imine (C=N–C) groups is 1. The van der Waals surface area contributed by atoms with Crippen LogP contribution in [0.25, 0.3) is 0 Å². The monoisotopic (exact) mass is 547 g/mol. The lowest BCUT2D eigenvalue weighted by Crippen LogP contribution is -2.43. The van der Waals surface area contributed by atoms with E-state index in [0.717, 1.165) is 50.4 Å². The molecule has 1 rings (SSSR count). The summed E-state index contributed by atoms with van der Waals surface area (Å²) in [6.45, 7) is 10.0. The van der Waals surface area contributed by atoms with Crippen molar-refractivity contribution in [1.29, 1.82) is 0 Å². The van der Waals surface area contributed by atoms with Crippen molar-refractivity contribution < 1.29 is 9.90 Å². The van der Waals surface area contributed by atoms with Gasteiger partial charge in [0.2, 0.25) is 0 Å². The number of guanidine groups is 1. The van der Waals surface area contributed by atoms with Crippen LogP contribution in [-0.4, -0.2) is 68.8 Å². The summed E-state index contributed by atoms with van der Waals surface area (Å²) in [5.41, 5.74) is 1.70. The third-order valence-corrected chi connectivity index (χ3v) is 5.57. The number of amides is 1. The first kappa shape index (κ1) is 29.6. The molecule has 0 spiro atoms. The van der Waals surface area contributed by atoms with E-state index in [0.29, 0.717) is 18.7 Å². The molecule has 1 aromatic rings. The molecule has 0 heterocycles. The standard InChI is InChI=1S/C23H41N5O2.HI/c1-6-23(7-2,12-15-29)18-27-22(24-8-3)26-17-19-10-9-11-20(16-19)21(30)25-13-14-28(4)5;/h9-11,16,29H,6-8,12-15,17-18H2,1-5H3,(H,25,30)(H2,24,26,27);1H. The Morgan fingerprint density at radius 2 is 1.84 bits per heavy atom. The highest BCUT2D eigenvalue weighted by Crippen LogP contribution is 2.29. The zero-order chi connectivity index (χ0) is 22.4. The van der Waals surface area contributed by atoms with Gasteiger partial charge in [0, 0.05) is 38.3 Å². The van der Waals surface area contributed by atoms with Gasteiger partial charge in [-0.1, -0.05) is 26.0 Å². The van der Waals surface area contributed by atoms with Gasteiger partial charge in [-0.15, -0.1) is 24.0 Å². The van der Waals surface area contributed by atoms with Crippen LogP contribution in [0.5, 0.6) is 0 Å². The molecule has 0 aromatic heterocycles. The molecule has 0 bridgehead atoms. The molecular formula is C23H42IN5O2. The van der Waals surface area contributed by atoms with Gasteiger partial charge in [0.05, 0.1) is 6.54 Å². The average Bonchev–Trinajstić information content (AvgIpc) is 2.74. The van der Waals surface area contributed by atoms with Crippen LogP contribution in [-0.2, 0) is 6.54 Å². The van der Waals surface area contributed by atoms with Gasteiger partial charge >= 0.3 is 0 Å². The molecular weight excluding hydrogens is 505 g/mol. The van der Waals surface area contributed by atoms with Crippen molar-refractivity contribution in [1.82, 2.24) is 20.9 Å². The molecule has 0 radical (unpaired) electrons. The van der Waals surface area contributed by atoms with Gasteiger partial charge in [-0.3, -0.25) is 4.79 Å². The molecule has 178 valence electrons. The molecule has 0 saturated carbocycles. The van der Waals surface area contributed by atoms with Gasteiger partial charge in [-0.2, -0.15) is 0 Å². The normalized spacial score (nSPS) is 11.8. The van der Waals surface area contributed by atoms with Gasteiger partial charge in [-0.05, 0) is 63.4 Å². The van der Waals surface area contributed by atoms with Crippen molar-refractivity contribution in [2.45, 2.75) is 46.6 Å². The van der Waals surface area contributed by atoms with Gasteiger partial charge in [0.1, 0.15) is 0 Å². The minimum absolute atomic E-state index is 0. The molecule has 0 fully saturated rings. The second-order valence-corrected chi connectivity index (χ2v) is 7.99. The fourth-order valence-corrected chi connectivity index (χ4v) is 3.27. The number of halogens is 1. The second-order valence-electron chi connectivity index (χ2n) is 7.99. The zero-order valence-corrected chi connectivity index (χ0v) is 22.2. The Bertz CT molecular complexity index is 663. The highest BCUT2D eigenvalue weighted by atomic mass is 127. The van der Waals surface area contributed by atoms with Gasteiger partial charge in [0.15, 0.2) is 5.96 Å². The molecule has 0 saturated heterocycles. The van der Waals surface area contributed by atoms with Gasteiger partial charge < -0.3 is 26.0 Å². The van der Waals surface area contributed by atoms with Crippen molar-refractivity contribution in [3.05, 3.63) is 35.4 Å². The van der Waals surface area contributed by atoms with Crippen LogP contribution in [0.4, 0.5) is 0 Å². The second kappa shape index (κ2) is 16.3. The Hall–Kier alpha value is -1.39. The topological polar surface area (TPSA) is 89.0 Å². The third-order valence-electron chi connectivity index (χ3n) is 5.57. The number of nitrogens with zero attached hydrogens (tertiary/aromatic N) is 2. The lowest BCUT2D eigenvalue weighted by atomic mass is 9.79. The number of aliphatic hydroxyl groups is 1. The first-order valence-electron chi connectivity index (χ1n) is 11.0. The number of nitrogens with one attached hydrogen (secondary N) is 3. The van der Waals surface area contributed by atoms with Gasteiger partial charge in [-0.25, -0.2) is 4.99 Å². The Morgan fingerprint density at radius 1 is 1.13 bits per heavy atom.